The summed E-state index contributed by atoms with van der Waals surface area (Å²) in [6.07, 6.45) is 0. The van der Waals surface area contributed by atoms with Gasteiger partial charge in [-0.05, 0) is 37.1 Å². The van der Waals surface area contributed by atoms with Crippen molar-refractivity contribution in [3.8, 4) is 17.6 Å². The van der Waals surface area contributed by atoms with Crippen molar-refractivity contribution in [2.75, 3.05) is 14.2 Å². The number of aromatic nitrogens is 2. The number of hydrogen-bond acceptors (Lipinski definition) is 6. The number of hydrogen-bond donors (Lipinski definition) is 0. The first-order valence-electron chi connectivity index (χ1n) is 8.52. The van der Waals surface area contributed by atoms with E-state index in [2.05, 4.69) is 9.84 Å². The molecule has 0 aliphatic carbocycles. The van der Waals surface area contributed by atoms with Crippen molar-refractivity contribution in [3.63, 3.8) is 0 Å². The number of ether oxygens (including phenoxy) is 2. The second kappa shape index (κ2) is 9.14. The van der Waals surface area contributed by atoms with Crippen molar-refractivity contribution in [2.45, 2.75) is 33.5 Å². The Morgan fingerprint density at radius 1 is 1.34 bits per heavy atom. The molecule has 0 N–H and O–H groups in total. The van der Waals surface area contributed by atoms with Crippen LogP contribution in [0.15, 0.2) is 23.0 Å². The summed E-state index contributed by atoms with van der Waals surface area (Å²) in [5.41, 5.74) is 0.890. The van der Waals surface area contributed by atoms with Crippen LogP contribution >= 0.6 is 0 Å². The van der Waals surface area contributed by atoms with E-state index in [1.165, 1.54) is 37.3 Å². The first-order valence-corrected chi connectivity index (χ1v) is 8.52. The highest BCUT2D eigenvalue weighted by Gasteiger charge is 2.17. The van der Waals surface area contributed by atoms with E-state index in [0.29, 0.717) is 16.8 Å². The number of halogens is 2. The molecule has 0 fully saturated rings. The lowest BCUT2D eigenvalue weighted by molar-refractivity contribution is -0.131. The quantitative estimate of drug-likeness (QED) is 0.698. The number of carbonyl (C=O) groups is 1. The van der Waals surface area contributed by atoms with Gasteiger partial charge in [-0.1, -0.05) is 6.07 Å². The van der Waals surface area contributed by atoms with Crippen LogP contribution in [0.25, 0.3) is 0 Å². The van der Waals surface area contributed by atoms with Crippen LogP contribution in [0.2, 0.25) is 0 Å². The lowest BCUT2D eigenvalue weighted by Crippen LogP contribution is -2.36. The molecule has 0 saturated heterocycles. The molecule has 0 unspecified atom stereocenters. The van der Waals surface area contributed by atoms with Gasteiger partial charge in [0.2, 0.25) is 5.91 Å². The van der Waals surface area contributed by atoms with Crippen LogP contribution < -0.4 is 15.0 Å². The van der Waals surface area contributed by atoms with E-state index >= 15 is 0 Å². The van der Waals surface area contributed by atoms with Crippen molar-refractivity contribution in [1.29, 1.82) is 5.26 Å². The Kier molecular flexibility index (Phi) is 6.88. The summed E-state index contributed by atoms with van der Waals surface area (Å²) in [5, 5.41) is 13.2. The fourth-order valence-electron chi connectivity index (χ4n) is 2.63. The highest BCUT2D eigenvalue weighted by atomic mass is 19.3. The molecule has 0 saturated carbocycles. The minimum absolute atomic E-state index is 0.0488. The van der Waals surface area contributed by atoms with E-state index in [1.54, 1.807) is 13.8 Å². The smallest absolute Gasteiger partial charge is 0.387 e. The highest BCUT2D eigenvalue weighted by Crippen LogP contribution is 2.29. The largest absolute Gasteiger partial charge is 0.493 e. The Hall–Kier alpha value is -3.48. The summed E-state index contributed by atoms with van der Waals surface area (Å²) in [6, 6.07) is 6.18. The Morgan fingerprint density at radius 3 is 2.62 bits per heavy atom. The number of nitrogens with zero attached hydrogens (tertiary/aromatic N) is 4. The monoisotopic (exact) mass is 406 g/mol. The molecule has 1 aromatic heterocycles. The van der Waals surface area contributed by atoms with Crippen LogP contribution in [0.5, 0.6) is 11.5 Å². The lowest BCUT2D eigenvalue weighted by Gasteiger charge is -2.19. The average Bonchev–Trinajstić information content (AvgIpc) is 2.67. The zero-order chi connectivity index (χ0) is 21.7. The molecular formula is C19H20F2N4O4. The van der Waals surface area contributed by atoms with Gasteiger partial charge in [-0.15, -0.1) is 0 Å². The number of aryl methyl sites for hydroxylation is 1. The van der Waals surface area contributed by atoms with E-state index in [4.69, 9.17) is 10.00 Å². The van der Waals surface area contributed by atoms with Gasteiger partial charge in [-0.25, -0.2) is 4.68 Å². The predicted molar refractivity (Wildman–Crippen MR) is 98.8 cm³/mol. The number of methoxy groups -OCH3 is 1. The topological polar surface area (TPSA) is 97.5 Å². The van der Waals surface area contributed by atoms with Gasteiger partial charge in [0.05, 0.1) is 12.8 Å². The molecule has 2 aromatic rings. The number of amides is 1. The Labute approximate surface area is 165 Å². The summed E-state index contributed by atoms with van der Waals surface area (Å²) >= 11 is 0. The molecule has 154 valence electrons. The van der Waals surface area contributed by atoms with Crippen LogP contribution in [-0.4, -0.2) is 41.4 Å². The number of likely N-dealkylation sites (N-methyl/N-ethyl adjacent to an activating group) is 1. The maximum atomic E-state index is 12.5. The predicted octanol–water partition coefficient (Wildman–Crippen LogP) is 2.00. The summed E-state index contributed by atoms with van der Waals surface area (Å²) in [7, 11) is 2.84. The zero-order valence-electron chi connectivity index (χ0n) is 16.4. The molecular weight excluding hydrogens is 386 g/mol. The molecule has 1 heterocycles. The lowest BCUT2D eigenvalue weighted by atomic mass is 10.1. The Balaban J connectivity index is 2.17. The number of rotatable bonds is 7. The second-order valence-electron chi connectivity index (χ2n) is 6.27. The van der Waals surface area contributed by atoms with Gasteiger partial charge in [0.25, 0.3) is 5.56 Å². The van der Waals surface area contributed by atoms with Crippen molar-refractivity contribution >= 4 is 5.91 Å². The van der Waals surface area contributed by atoms with Crippen LogP contribution in [0, 0.1) is 25.2 Å². The molecule has 0 aliphatic heterocycles. The normalized spacial score (nSPS) is 10.6. The van der Waals surface area contributed by atoms with Gasteiger partial charge < -0.3 is 14.4 Å². The fourth-order valence-corrected chi connectivity index (χ4v) is 2.63. The summed E-state index contributed by atoms with van der Waals surface area (Å²) in [5.74, 6) is -0.428. The minimum Gasteiger partial charge on any atom is -0.493 e. The number of nitriles is 1. The molecule has 0 aliphatic rings. The zero-order valence-corrected chi connectivity index (χ0v) is 16.4. The van der Waals surface area contributed by atoms with Crippen LogP contribution in [-0.2, 0) is 17.9 Å². The van der Waals surface area contributed by atoms with Crippen molar-refractivity contribution in [1.82, 2.24) is 14.7 Å². The number of carbonyl (C=O) groups excluding carboxylic acids is 1. The van der Waals surface area contributed by atoms with E-state index < -0.39 is 18.1 Å². The van der Waals surface area contributed by atoms with Gasteiger partial charge in [-0.2, -0.15) is 19.1 Å². The second-order valence-corrected chi connectivity index (χ2v) is 6.27. The third kappa shape index (κ3) is 5.07. The van der Waals surface area contributed by atoms with Gasteiger partial charge in [0.1, 0.15) is 18.2 Å². The molecule has 0 spiro atoms. The summed E-state index contributed by atoms with van der Waals surface area (Å²) < 4.78 is 35.2. The molecule has 2 rings (SSSR count). The van der Waals surface area contributed by atoms with Crippen LogP contribution in [0.3, 0.4) is 0 Å². The molecule has 0 bridgehead atoms. The van der Waals surface area contributed by atoms with Crippen molar-refractivity contribution in [2.24, 2.45) is 0 Å². The first-order chi connectivity index (χ1) is 13.7. The third-order valence-corrected chi connectivity index (χ3v) is 4.32. The molecule has 1 aromatic carbocycles. The maximum absolute atomic E-state index is 12.5. The maximum Gasteiger partial charge on any atom is 0.387 e. The standard InChI is InChI=1S/C19H20F2N4O4/c1-11-12(2)23-25(18(27)14(11)8-22)10-17(26)24(3)9-13-5-6-15(29-19(20)21)16(7-13)28-4/h5-7,19H,9-10H2,1-4H3. The van der Waals surface area contributed by atoms with Crippen LogP contribution in [0.4, 0.5) is 8.78 Å². The van der Waals surface area contributed by atoms with E-state index in [0.717, 1.165) is 4.68 Å². The van der Waals surface area contributed by atoms with E-state index in [-0.39, 0.29) is 30.2 Å². The van der Waals surface area contributed by atoms with Crippen molar-refractivity contribution < 1.29 is 23.0 Å². The Morgan fingerprint density at radius 2 is 2.03 bits per heavy atom. The molecule has 8 nitrogen and oxygen atoms in total. The SMILES string of the molecule is COc1cc(CN(C)C(=O)Cn2nc(C)c(C)c(C#N)c2=O)ccc1OC(F)F. The summed E-state index contributed by atoms with van der Waals surface area (Å²) in [4.78, 5) is 26.2. The van der Waals surface area contributed by atoms with Gasteiger partial charge in [0.15, 0.2) is 11.5 Å². The van der Waals surface area contributed by atoms with Crippen molar-refractivity contribution in [3.05, 3.63) is 50.9 Å². The molecule has 0 radical (unpaired) electrons. The summed E-state index contributed by atoms with van der Waals surface area (Å²) in [6.45, 7) is 0.0791. The number of benzene rings is 1. The fraction of sp³-hybridized carbons (Fsp3) is 0.368. The third-order valence-electron chi connectivity index (χ3n) is 4.32. The van der Waals surface area contributed by atoms with Gasteiger partial charge in [0, 0.05) is 13.6 Å². The molecule has 10 heteroatoms. The minimum atomic E-state index is -2.99. The van der Waals surface area contributed by atoms with Crippen LogP contribution in [0.1, 0.15) is 22.4 Å². The molecule has 1 amide bonds. The first kappa shape index (κ1) is 21.8. The van der Waals surface area contributed by atoms with Gasteiger partial charge in [-0.3, -0.25) is 9.59 Å². The molecule has 0 atom stereocenters. The molecule has 29 heavy (non-hydrogen) atoms. The van der Waals surface area contributed by atoms with E-state index in [1.807, 2.05) is 6.07 Å². The van der Waals surface area contributed by atoms with Gasteiger partial charge >= 0.3 is 6.61 Å². The highest BCUT2D eigenvalue weighted by molar-refractivity contribution is 5.75. The Bertz CT molecular complexity index is 1010. The van der Waals surface area contributed by atoms with E-state index in [9.17, 15) is 18.4 Å². The number of alkyl halides is 2. The average molecular weight is 406 g/mol.